The minimum absolute atomic E-state index is 0.0576. The molecule has 0 spiro atoms. The molecule has 2 N–H and O–H groups in total. The fourth-order valence-corrected chi connectivity index (χ4v) is 1.97. The van der Waals surface area contributed by atoms with Crippen molar-refractivity contribution in [3.63, 3.8) is 0 Å². The molecule has 0 radical (unpaired) electrons. The summed E-state index contributed by atoms with van der Waals surface area (Å²) in [7, 11) is 0. The van der Waals surface area contributed by atoms with Crippen LogP contribution in [0.3, 0.4) is 0 Å². The number of rotatable bonds is 4. The van der Waals surface area contributed by atoms with Gasteiger partial charge in [0.15, 0.2) is 0 Å². The molecule has 0 heterocycles. The summed E-state index contributed by atoms with van der Waals surface area (Å²) in [6, 6.07) is 7.22. The number of carbonyl (C=O) groups excluding carboxylic acids is 1. The van der Waals surface area contributed by atoms with E-state index in [4.69, 9.17) is 11.0 Å². The summed E-state index contributed by atoms with van der Waals surface area (Å²) in [5, 5.41) is 8.62. The molecule has 0 fully saturated rings. The van der Waals surface area contributed by atoms with Gasteiger partial charge in [0.2, 0.25) is 0 Å². The maximum atomic E-state index is 12.3. The summed E-state index contributed by atoms with van der Waals surface area (Å²) in [4.78, 5) is 14.0. The second kappa shape index (κ2) is 6.41. The van der Waals surface area contributed by atoms with Crippen molar-refractivity contribution in [2.75, 3.05) is 12.3 Å². The van der Waals surface area contributed by atoms with E-state index in [1.165, 1.54) is 0 Å². The Bertz CT molecular complexity index is 480. The first-order valence-electron chi connectivity index (χ1n) is 5.70. The van der Waals surface area contributed by atoms with Crippen LogP contribution in [0, 0.1) is 11.3 Å². The van der Waals surface area contributed by atoms with Crippen LogP contribution in [0.25, 0.3) is 0 Å². The molecule has 0 aliphatic carbocycles. The van der Waals surface area contributed by atoms with Crippen LogP contribution in [0.5, 0.6) is 0 Å². The van der Waals surface area contributed by atoms with Gasteiger partial charge < -0.3 is 10.6 Å². The number of nitrogens with zero attached hydrogens (tertiary/aromatic N) is 2. The number of hydrogen-bond acceptors (Lipinski definition) is 3. The van der Waals surface area contributed by atoms with Crippen molar-refractivity contribution in [3.8, 4) is 6.07 Å². The highest BCUT2D eigenvalue weighted by molar-refractivity contribution is 9.10. The normalized spacial score (nSPS) is 10.2. The number of nitriles is 1. The summed E-state index contributed by atoms with van der Waals surface area (Å²) < 4.78 is 0.706. The third-order valence-corrected chi connectivity index (χ3v) is 3.28. The molecule has 0 aliphatic rings. The van der Waals surface area contributed by atoms with E-state index < -0.39 is 0 Å². The molecular formula is C13H16BrN3O. The predicted octanol–water partition coefficient (Wildman–Crippen LogP) is 2.80. The van der Waals surface area contributed by atoms with Crippen LogP contribution in [-0.2, 0) is 0 Å². The molecule has 0 atom stereocenters. The molecule has 0 saturated heterocycles. The average molecular weight is 310 g/mol. The van der Waals surface area contributed by atoms with Gasteiger partial charge in [0.05, 0.1) is 12.5 Å². The van der Waals surface area contributed by atoms with Crippen molar-refractivity contribution in [1.29, 1.82) is 5.26 Å². The highest BCUT2D eigenvalue weighted by Crippen LogP contribution is 2.21. The predicted molar refractivity (Wildman–Crippen MR) is 75.0 cm³/mol. The van der Waals surface area contributed by atoms with E-state index in [0.29, 0.717) is 28.7 Å². The minimum atomic E-state index is -0.0825. The van der Waals surface area contributed by atoms with Crippen LogP contribution in [0.1, 0.15) is 30.6 Å². The minimum Gasteiger partial charge on any atom is -0.398 e. The summed E-state index contributed by atoms with van der Waals surface area (Å²) in [6.07, 6.45) is 0.333. The number of nitrogen functional groups attached to an aromatic ring is 1. The van der Waals surface area contributed by atoms with Gasteiger partial charge in [-0.25, -0.2) is 0 Å². The molecule has 0 unspecified atom stereocenters. The van der Waals surface area contributed by atoms with E-state index in [-0.39, 0.29) is 11.9 Å². The van der Waals surface area contributed by atoms with Crippen LogP contribution < -0.4 is 5.73 Å². The zero-order valence-electron chi connectivity index (χ0n) is 10.5. The second-order valence-electron chi connectivity index (χ2n) is 4.24. The van der Waals surface area contributed by atoms with Gasteiger partial charge in [-0.05, 0) is 48.0 Å². The van der Waals surface area contributed by atoms with E-state index in [1.807, 2.05) is 13.8 Å². The van der Waals surface area contributed by atoms with Crippen molar-refractivity contribution in [3.05, 3.63) is 28.2 Å². The molecule has 18 heavy (non-hydrogen) atoms. The number of nitrogens with two attached hydrogens (primary N) is 1. The number of carbonyl (C=O) groups is 1. The van der Waals surface area contributed by atoms with Crippen LogP contribution in [-0.4, -0.2) is 23.4 Å². The van der Waals surface area contributed by atoms with Crippen molar-refractivity contribution in [2.24, 2.45) is 0 Å². The SMILES string of the molecule is CC(C)N(CCC#N)C(=O)c1ccc(N)c(Br)c1. The molecule has 1 amide bonds. The van der Waals surface area contributed by atoms with Gasteiger partial charge in [-0.2, -0.15) is 5.26 Å². The number of benzene rings is 1. The number of anilines is 1. The van der Waals surface area contributed by atoms with E-state index in [0.717, 1.165) is 0 Å². The van der Waals surface area contributed by atoms with Gasteiger partial charge in [-0.1, -0.05) is 0 Å². The zero-order valence-corrected chi connectivity index (χ0v) is 12.1. The van der Waals surface area contributed by atoms with Gasteiger partial charge in [0, 0.05) is 28.3 Å². The lowest BCUT2D eigenvalue weighted by Gasteiger charge is -2.26. The summed E-state index contributed by atoms with van der Waals surface area (Å²) in [6.45, 7) is 4.30. The van der Waals surface area contributed by atoms with Crippen LogP contribution >= 0.6 is 15.9 Å². The Balaban J connectivity index is 2.95. The van der Waals surface area contributed by atoms with Crippen LogP contribution in [0.4, 0.5) is 5.69 Å². The first-order chi connectivity index (χ1) is 8.47. The van der Waals surface area contributed by atoms with Gasteiger partial charge in [0.25, 0.3) is 5.91 Å². The van der Waals surface area contributed by atoms with Crippen LogP contribution in [0.2, 0.25) is 0 Å². The molecular weight excluding hydrogens is 294 g/mol. The topological polar surface area (TPSA) is 70.1 Å². The van der Waals surface area contributed by atoms with E-state index in [9.17, 15) is 4.79 Å². The largest absolute Gasteiger partial charge is 0.398 e. The second-order valence-corrected chi connectivity index (χ2v) is 5.09. The average Bonchev–Trinajstić information content (AvgIpc) is 2.32. The van der Waals surface area contributed by atoms with Crippen molar-refractivity contribution >= 4 is 27.5 Å². The Labute approximate surface area is 116 Å². The van der Waals surface area contributed by atoms with E-state index in [2.05, 4.69) is 22.0 Å². The van der Waals surface area contributed by atoms with Gasteiger partial charge >= 0.3 is 0 Å². The molecule has 96 valence electrons. The highest BCUT2D eigenvalue weighted by atomic mass is 79.9. The van der Waals surface area contributed by atoms with Gasteiger partial charge in [0.1, 0.15) is 0 Å². The Morgan fingerprint density at radius 2 is 2.22 bits per heavy atom. The van der Waals surface area contributed by atoms with Crippen molar-refractivity contribution < 1.29 is 4.79 Å². The van der Waals surface area contributed by atoms with Crippen molar-refractivity contribution in [2.45, 2.75) is 26.3 Å². The first-order valence-corrected chi connectivity index (χ1v) is 6.49. The fraction of sp³-hybridized carbons (Fsp3) is 0.385. The van der Waals surface area contributed by atoms with Gasteiger partial charge in [-0.3, -0.25) is 4.79 Å². The number of amides is 1. The molecule has 0 saturated carbocycles. The Morgan fingerprint density at radius 3 is 2.72 bits per heavy atom. The maximum absolute atomic E-state index is 12.3. The lowest BCUT2D eigenvalue weighted by molar-refractivity contribution is 0.0710. The third kappa shape index (κ3) is 3.47. The van der Waals surface area contributed by atoms with E-state index in [1.54, 1.807) is 23.1 Å². The summed E-state index contributed by atoms with van der Waals surface area (Å²) in [5.74, 6) is -0.0825. The molecule has 4 nitrogen and oxygen atoms in total. The standard InChI is InChI=1S/C13H16BrN3O/c1-9(2)17(7-3-6-15)13(18)10-4-5-12(16)11(14)8-10/h4-5,8-9H,3,7,16H2,1-2H3. The zero-order chi connectivity index (χ0) is 13.7. The number of halogens is 1. The highest BCUT2D eigenvalue weighted by Gasteiger charge is 2.18. The molecule has 5 heteroatoms. The molecule has 1 aromatic carbocycles. The van der Waals surface area contributed by atoms with Crippen LogP contribution in [0.15, 0.2) is 22.7 Å². The maximum Gasteiger partial charge on any atom is 0.254 e. The molecule has 0 aliphatic heterocycles. The molecule has 1 rings (SSSR count). The quantitative estimate of drug-likeness (QED) is 0.869. The van der Waals surface area contributed by atoms with E-state index >= 15 is 0 Å². The monoisotopic (exact) mass is 309 g/mol. The lowest BCUT2D eigenvalue weighted by Crippen LogP contribution is -2.37. The third-order valence-electron chi connectivity index (χ3n) is 2.60. The Hall–Kier alpha value is -1.54. The summed E-state index contributed by atoms with van der Waals surface area (Å²) >= 11 is 3.31. The molecule has 1 aromatic rings. The Morgan fingerprint density at radius 1 is 1.56 bits per heavy atom. The lowest BCUT2D eigenvalue weighted by atomic mass is 10.1. The number of hydrogen-bond donors (Lipinski definition) is 1. The van der Waals surface area contributed by atoms with Gasteiger partial charge in [-0.15, -0.1) is 0 Å². The fourth-order valence-electron chi connectivity index (χ4n) is 1.59. The Kier molecular flexibility index (Phi) is 5.17. The smallest absolute Gasteiger partial charge is 0.254 e. The van der Waals surface area contributed by atoms with Crippen molar-refractivity contribution in [1.82, 2.24) is 4.90 Å². The summed E-state index contributed by atoms with van der Waals surface area (Å²) in [5.41, 5.74) is 6.86. The molecule has 0 aromatic heterocycles. The first kappa shape index (κ1) is 14.5. The molecule has 0 bridgehead atoms.